The lowest BCUT2D eigenvalue weighted by molar-refractivity contribution is 0.0939. The zero-order valence-electron chi connectivity index (χ0n) is 9.32. The SMILES string of the molecule is CSc1ccccc1C(=O)NCC1CNC1. The summed E-state index contributed by atoms with van der Waals surface area (Å²) in [6.45, 7) is 2.81. The lowest BCUT2D eigenvalue weighted by Crippen LogP contribution is -2.48. The number of thioether (sulfide) groups is 1. The minimum absolute atomic E-state index is 0.0388. The summed E-state index contributed by atoms with van der Waals surface area (Å²) in [7, 11) is 0. The van der Waals surface area contributed by atoms with Crippen LogP contribution in [0.15, 0.2) is 29.2 Å². The van der Waals surface area contributed by atoms with E-state index in [1.807, 2.05) is 30.5 Å². The summed E-state index contributed by atoms with van der Waals surface area (Å²) in [4.78, 5) is 13.0. The smallest absolute Gasteiger partial charge is 0.252 e. The van der Waals surface area contributed by atoms with Crippen LogP contribution in [0.4, 0.5) is 0 Å². The van der Waals surface area contributed by atoms with Gasteiger partial charge in [-0.1, -0.05) is 12.1 Å². The Balaban J connectivity index is 1.96. The Morgan fingerprint density at radius 1 is 1.50 bits per heavy atom. The third kappa shape index (κ3) is 2.57. The third-order valence-corrected chi connectivity index (χ3v) is 3.56. The number of nitrogens with one attached hydrogen (secondary N) is 2. The molecule has 0 spiro atoms. The molecule has 2 N–H and O–H groups in total. The van der Waals surface area contributed by atoms with E-state index in [2.05, 4.69) is 10.6 Å². The molecular weight excluding hydrogens is 220 g/mol. The Labute approximate surface area is 100.0 Å². The van der Waals surface area contributed by atoms with E-state index in [0.29, 0.717) is 5.92 Å². The van der Waals surface area contributed by atoms with Gasteiger partial charge in [0.15, 0.2) is 0 Å². The molecule has 4 heteroatoms. The zero-order valence-corrected chi connectivity index (χ0v) is 10.1. The summed E-state index contributed by atoms with van der Waals surface area (Å²) in [5.74, 6) is 0.641. The first-order valence-corrected chi connectivity index (χ1v) is 6.65. The summed E-state index contributed by atoms with van der Waals surface area (Å²) in [5, 5.41) is 6.18. The van der Waals surface area contributed by atoms with Gasteiger partial charge in [-0.2, -0.15) is 0 Å². The fraction of sp³-hybridized carbons (Fsp3) is 0.417. The van der Waals surface area contributed by atoms with Crippen molar-refractivity contribution >= 4 is 17.7 Å². The largest absolute Gasteiger partial charge is 0.352 e. The van der Waals surface area contributed by atoms with E-state index in [4.69, 9.17) is 0 Å². The number of hydrogen-bond acceptors (Lipinski definition) is 3. The maximum absolute atomic E-state index is 11.9. The number of rotatable bonds is 4. The topological polar surface area (TPSA) is 41.1 Å². The minimum Gasteiger partial charge on any atom is -0.352 e. The lowest BCUT2D eigenvalue weighted by Gasteiger charge is -2.27. The molecule has 16 heavy (non-hydrogen) atoms. The number of hydrogen-bond donors (Lipinski definition) is 2. The maximum atomic E-state index is 11.9. The summed E-state index contributed by atoms with van der Waals surface area (Å²) < 4.78 is 0. The van der Waals surface area contributed by atoms with Crippen molar-refractivity contribution in [1.82, 2.24) is 10.6 Å². The molecule has 1 saturated heterocycles. The van der Waals surface area contributed by atoms with Gasteiger partial charge in [0.05, 0.1) is 5.56 Å². The molecular formula is C12H16N2OS. The second-order valence-corrected chi connectivity index (χ2v) is 4.78. The van der Waals surface area contributed by atoms with Crippen LogP contribution in [0.25, 0.3) is 0 Å². The standard InChI is InChI=1S/C12H16N2OS/c1-16-11-5-3-2-4-10(11)12(15)14-8-9-6-13-7-9/h2-5,9,13H,6-8H2,1H3,(H,14,15). The van der Waals surface area contributed by atoms with Crippen LogP contribution in [0.2, 0.25) is 0 Å². The van der Waals surface area contributed by atoms with Crippen LogP contribution in [-0.4, -0.2) is 31.8 Å². The summed E-state index contributed by atoms with van der Waals surface area (Å²) in [6.07, 6.45) is 1.99. The lowest BCUT2D eigenvalue weighted by atomic mass is 10.0. The summed E-state index contributed by atoms with van der Waals surface area (Å²) in [6, 6.07) is 7.71. The zero-order chi connectivity index (χ0) is 11.4. The number of amides is 1. The molecule has 0 saturated carbocycles. The molecule has 2 rings (SSSR count). The molecule has 0 aromatic heterocycles. The fourth-order valence-electron chi connectivity index (χ4n) is 1.66. The van der Waals surface area contributed by atoms with Crippen molar-refractivity contribution in [2.75, 3.05) is 25.9 Å². The van der Waals surface area contributed by atoms with Gasteiger partial charge < -0.3 is 10.6 Å². The number of benzene rings is 1. The second kappa shape index (κ2) is 5.37. The first kappa shape index (κ1) is 11.5. The highest BCUT2D eigenvalue weighted by Crippen LogP contribution is 2.19. The Bertz CT molecular complexity index is 377. The Morgan fingerprint density at radius 3 is 2.88 bits per heavy atom. The highest BCUT2D eigenvalue weighted by Gasteiger charge is 2.18. The second-order valence-electron chi connectivity index (χ2n) is 3.93. The van der Waals surface area contributed by atoms with Crippen molar-refractivity contribution in [1.29, 1.82) is 0 Å². The molecule has 1 amide bonds. The molecule has 3 nitrogen and oxygen atoms in total. The average molecular weight is 236 g/mol. The quantitative estimate of drug-likeness (QED) is 0.776. The summed E-state index contributed by atoms with van der Waals surface area (Å²) in [5.41, 5.74) is 0.780. The van der Waals surface area contributed by atoms with Crippen LogP contribution < -0.4 is 10.6 Å². The van der Waals surface area contributed by atoms with E-state index < -0.39 is 0 Å². The van der Waals surface area contributed by atoms with E-state index in [1.165, 1.54) is 0 Å². The van der Waals surface area contributed by atoms with Gasteiger partial charge in [-0.25, -0.2) is 0 Å². The molecule has 1 fully saturated rings. The van der Waals surface area contributed by atoms with Crippen molar-refractivity contribution in [3.05, 3.63) is 29.8 Å². The van der Waals surface area contributed by atoms with Crippen molar-refractivity contribution in [2.24, 2.45) is 5.92 Å². The predicted octanol–water partition coefficient (Wildman–Crippen LogP) is 1.36. The molecule has 1 heterocycles. The first-order valence-electron chi connectivity index (χ1n) is 5.43. The Morgan fingerprint density at radius 2 is 2.25 bits per heavy atom. The number of carbonyl (C=O) groups excluding carboxylic acids is 1. The van der Waals surface area contributed by atoms with Crippen LogP contribution in [0.1, 0.15) is 10.4 Å². The molecule has 0 unspecified atom stereocenters. The molecule has 1 aromatic rings. The van der Waals surface area contributed by atoms with Crippen LogP contribution in [0.5, 0.6) is 0 Å². The minimum atomic E-state index is 0.0388. The van der Waals surface area contributed by atoms with E-state index >= 15 is 0 Å². The Kier molecular flexibility index (Phi) is 3.85. The number of carbonyl (C=O) groups is 1. The van der Waals surface area contributed by atoms with Gasteiger partial charge in [0.25, 0.3) is 5.91 Å². The highest BCUT2D eigenvalue weighted by atomic mass is 32.2. The van der Waals surface area contributed by atoms with Gasteiger partial charge in [0.1, 0.15) is 0 Å². The third-order valence-electron chi connectivity index (χ3n) is 2.77. The molecule has 1 aromatic carbocycles. The van der Waals surface area contributed by atoms with E-state index in [1.54, 1.807) is 11.8 Å². The highest BCUT2D eigenvalue weighted by molar-refractivity contribution is 7.98. The van der Waals surface area contributed by atoms with Crippen molar-refractivity contribution in [2.45, 2.75) is 4.90 Å². The predicted molar refractivity (Wildman–Crippen MR) is 66.9 cm³/mol. The van der Waals surface area contributed by atoms with Crippen LogP contribution in [-0.2, 0) is 0 Å². The average Bonchev–Trinajstić information content (AvgIpc) is 2.26. The monoisotopic (exact) mass is 236 g/mol. The van der Waals surface area contributed by atoms with Crippen molar-refractivity contribution < 1.29 is 4.79 Å². The molecule has 0 radical (unpaired) electrons. The van der Waals surface area contributed by atoms with Crippen molar-refractivity contribution in [3.63, 3.8) is 0 Å². The van der Waals surface area contributed by atoms with Crippen LogP contribution in [0, 0.1) is 5.92 Å². The van der Waals surface area contributed by atoms with Gasteiger partial charge in [-0.3, -0.25) is 4.79 Å². The molecule has 1 aliphatic heterocycles. The fourth-order valence-corrected chi connectivity index (χ4v) is 2.25. The van der Waals surface area contributed by atoms with Crippen LogP contribution >= 0.6 is 11.8 Å². The van der Waals surface area contributed by atoms with E-state index in [9.17, 15) is 4.79 Å². The molecule has 0 atom stereocenters. The molecule has 0 bridgehead atoms. The molecule has 86 valence electrons. The van der Waals surface area contributed by atoms with Gasteiger partial charge in [0.2, 0.25) is 0 Å². The van der Waals surface area contributed by atoms with Gasteiger partial charge in [-0.05, 0) is 18.4 Å². The van der Waals surface area contributed by atoms with Crippen LogP contribution in [0.3, 0.4) is 0 Å². The van der Waals surface area contributed by atoms with Gasteiger partial charge in [0, 0.05) is 30.4 Å². The maximum Gasteiger partial charge on any atom is 0.252 e. The summed E-state index contributed by atoms with van der Waals surface area (Å²) >= 11 is 1.60. The Hall–Kier alpha value is -1.00. The molecule has 0 aliphatic carbocycles. The molecule has 1 aliphatic rings. The van der Waals surface area contributed by atoms with Gasteiger partial charge in [-0.15, -0.1) is 11.8 Å². The van der Waals surface area contributed by atoms with Crippen molar-refractivity contribution in [3.8, 4) is 0 Å². The normalized spacial score (nSPS) is 15.6. The van der Waals surface area contributed by atoms with Gasteiger partial charge >= 0.3 is 0 Å². The van der Waals surface area contributed by atoms with E-state index in [0.717, 1.165) is 30.1 Å². The van der Waals surface area contributed by atoms with E-state index in [-0.39, 0.29) is 5.91 Å². The first-order chi connectivity index (χ1) is 7.81.